The highest BCUT2D eigenvalue weighted by Gasteiger charge is 1.98. The van der Waals surface area contributed by atoms with Crippen molar-refractivity contribution in [3.05, 3.63) is 48.0 Å². The largest absolute Gasteiger partial charge is 0.389 e. The van der Waals surface area contributed by atoms with Crippen molar-refractivity contribution in [2.45, 2.75) is 51.6 Å². The second kappa shape index (κ2) is 9.00. The normalized spacial score (nSPS) is 13.1. The Morgan fingerprint density at radius 1 is 1.06 bits per heavy atom. The summed E-state index contributed by atoms with van der Waals surface area (Å²) in [7, 11) is 0. The van der Waals surface area contributed by atoms with Crippen molar-refractivity contribution in [2.75, 3.05) is 0 Å². The number of hydrogen-bond donors (Lipinski definition) is 1. The predicted octanol–water partition coefficient (Wildman–Crippen LogP) is 4.12. The Morgan fingerprint density at radius 3 is 2.47 bits per heavy atom. The van der Waals surface area contributed by atoms with E-state index in [0.717, 1.165) is 12.8 Å². The minimum absolute atomic E-state index is 0.242. The van der Waals surface area contributed by atoms with Crippen LogP contribution in [0.1, 0.15) is 44.6 Å². The molecule has 0 aromatic heterocycles. The molecular formula is C16H24O. The number of aryl methyl sites for hydroxylation is 1. The first kappa shape index (κ1) is 14.0. The molecule has 1 nitrogen and oxygen atoms in total. The van der Waals surface area contributed by atoms with Crippen LogP contribution in [-0.4, -0.2) is 11.2 Å². The molecule has 0 bridgehead atoms. The molecule has 0 aliphatic heterocycles. The van der Waals surface area contributed by atoms with Gasteiger partial charge in [-0.2, -0.15) is 0 Å². The lowest BCUT2D eigenvalue weighted by Gasteiger charge is -2.05. The average Bonchev–Trinajstić information content (AvgIpc) is 2.35. The molecule has 1 N–H and O–H groups in total. The van der Waals surface area contributed by atoms with Crippen molar-refractivity contribution in [1.82, 2.24) is 0 Å². The van der Waals surface area contributed by atoms with Crippen LogP contribution in [0.3, 0.4) is 0 Å². The molecule has 0 aliphatic carbocycles. The molecule has 0 radical (unpaired) electrons. The van der Waals surface area contributed by atoms with Gasteiger partial charge in [0.2, 0.25) is 0 Å². The van der Waals surface area contributed by atoms with E-state index in [2.05, 4.69) is 30.3 Å². The first-order chi connectivity index (χ1) is 8.33. The molecule has 0 spiro atoms. The number of benzene rings is 1. The van der Waals surface area contributed by atoms with E-state index in [9.17, 15) is 5.11 Å². The molecule has 0 fully saturated rings. The molecule has 1 aromatic rings. The molecule has 0 unspecified atom stereocenters. The number of aliphatic hydroxyl groups excluding tert-OH is 1. The van der Waals surface area contributed by atoms with Gasteiger partial charge in [0.1, 0.15) is 0 Å². The number of rotatable bonds is 8. The number of hydrogen-bond acceptors (Lipinski definition) is 1. The van der Waals surface area contributed by atoms with Gasteiger partial charge in [0.25, 0.3) is 0 Å². The van der Waals surface area contributed by atoms with Gasteiger partial charge in [0.15, 0.2) is 0 Å². The van der Waals surface area contributed by atoms with Crippen LogP contribution in [0.2, 0.25) is 0 Å². The smallest absolute Gasteiger partial charge is 0.0720 e. The van der Waals surface area contributed by atoms with E-state index in [-0.39, 0.29) is 6.10 Å². The first-order valence-corrected chi connectivity index (χ1v) is 6.67. The summed E-state index contributed by atoms with van der Waals surface area (Å²) in [6, 6.07) is 10.6. The van der Waals surface area contributed by atoms with E-state index in [1.54, 1.807) is 0 Å². The molecule has 1 atom stereocenters. The van der Waals surface area contributed by atoms with Gasteiger partial charge < -0.3 is 5.11 Å². The van der Waals surface area contributed by atoms with Gasteiger partial charge in [-0.25, -0.2) is 0 Å². The molecule has 1 aromatic carbocycles. The van der Waals surface area contributed by atoms with Crippen LogP contribution in [0, 0.1) is 0 Å². The van der Waals surface area contributed by atoms with Gasteiger partial charge in [-0.3, -0.25) is 0 Å². The zero-order chi connectivity index (χ0) is 12.3. The topological polar surface area (TPSA) is 20.2 Å². The van der Waals surface area contributed by atoms with E-state index in [1.807, 2.05) is 19.1 Å². The maximum atomic E-state index is 9.50. The summed E-state index contributed by atoms with van der Waals surface area (Å²) in [5.41, 5.74) is 1.43. The van der Waals surface area contributed by atoms with Crippen LogP contribution >= 0.6 is 0 Å². The molecular weight excluding hydrogens is 208 g/mol. The lowest BCUT2D eigenvalue weighted by Crippen LogP contribution is -2.01. The highest BCUT2D eigenvalue weighted by Crippen LogP contribution is 2.10. The Balaban J connectivity index is 1.98. The van der Waals surface area contributed by atoms with Crippen molar-refractivity contribution in [1.29, 1.82) is 0 Å². The van der Waals surface area contributed by atoms with Gasteiger partial charge in [-0.15, -0.1) is 0 Å². The summed E-state index contributed by atoms with van der Waals surface area (Å²) in [5.74, 6) is 0. The fourth-order valence-corrected chi connectivity index (χ4v) is 2.00. The van der Waals surface area contributed by atoms with E-state index in [1.165, 1.54) is 31.2 Å². The first-order valence-electron chi connectivity index (χ1n) is 6.67. The van der Waals surface area contributed by atoms with E-state index in [0.29, 0.717) is 0 Å². The minimum Gasteiger partial charge on any atom is -0.389 e. The maximum absolute atomic E-state index is 9.50. The summed E-state index contributed by atoms with van der Waals surface area (Å²) in [6.45, 7) is 1.95. The third-order valence-corrected chi connectivity index (χ3v) is 2.97. The molecule has 0 saturated heterocycles. The van der Waals surface area contributed by atoms with Crippen molar-refractivity contribution in [3.63, 3.8) is 0 Å². The second-order valence-corrected chi connectivity index (χ2v) is 4.53. The van der Waals surface area contributed by atoms with Crippen molar-refractivity contribution in [2.24, 2.45) is 0 Å². The van der Waals surface area contributed by atoms with Gasteiger partial charge in [-0.1, -0.05) is 61.7 Å². The monoisotopic (exact) mass is 232 g/mol. The van der Waals surface area contributed by atoms with E-state index >= 15 is 0 Å². The molecule has 94 valence electrons. The second-order valence-electron chi connectivity index (χ2n) is 4.53. The van der Waals surface area contributed by atoms with Crippen LogP contribution in [0.4, 0.5) is 0 Å². The zero-order valence-electron chi connectivity index (χ0n) is 10.8. The van der Waals surface area contributed by atoms with Crippen LogP contribution in [0.15, 0.2) is 42.5 Å². The number of aliphatic hydroxyl groups is 1. The fourth-order valence-electron chi connectivity index (χ4n) is 2.00. The van der Waals surface area contributed by atoms with Gasteiger partial charge in [0, 0.05) is 0 Å². The Bertz CT molecular complexity index is 303. The molecule has 1 rings (SSSR count). The summed E-state index contributed by atoms with van der Waals surface area (Å²) in [5, 5.41) is 9.50. The Morgan fingerprint density at radius 2 is 1.76 bits per heavy atom. The lowest BCUT2D eigenvalue weighted by atomic mass is 10.0. The quantitative estimate of drug-likeness (QED) is 0.528. The van der Waals surface area contributed by atoms with Crippen molar-refractivity contribution in [3.8, 4) is 0 Å². The van der Waals surface area contributed by atoms with Crippen molar-refractivity contribution < 1.29 is 5.11 Å². The Labute approximate surface area is 105 Å². The minimum atomic E-state index is -0.242. The predicted molar refractivity (Wildman–Crippen MR) is 74.1 cm³/mol. The third kappa shape index (κ3) is 6.96. The average molecular weight is 232 g/mol. The molecule has 0 amide bonds. The molecule has 0 saturated carbocycles. The molecule has 0 heterocycles. The van der Waals surface area contributed by atoms with E-state index in [4.69, 9.17) is 0 Å². The van der Waals surface area contributed by atoms with Crippen molar-refractivity contribution >= 4 is 0 Å². The fraction of sp³-hybridized carbons (Fsp3) is 0.500. The Kier molecular flexibility index (Phi) is 7.40. The van der Waals surface area contributed by atoms with Crippen LogP contribution < -0.4 is 0 Å². The third-order valence-electron chi connectivity index (χ3n) is 2.97. The molecule has 1 heteroatoms. The summed E-state index contributed by atoms with van der Waals surface area (Å²) in [4.78, 5) is 0. The van der Waals surface area contributed by atoms with Gasteiger partial charge >= 0.3 is 0 Å². The van der Waals surface area contributed by atoms with Gasteiger partial charge in [0.05, 0.1) is 6.10 Å². The van der Waals surface area contributed by atoms with Crippen LogP contribution in [-0.2, 0) is 6.42 Å². The standard InChI is InChI=1S/C16H24O/c1-2-10-16(17)14-9-4-3-6-11-15-12-7-5-8-13-15/h2,5,7-8,10,12-13,16-17H,3-4,6,9,11,14H2,1H3/b10-2+/t16-/m1/s1. The molecule has 17 heavy (non-hydrogen) atoms. The number of allylic oxidation sites excluding steroid dienone is 1. The number of unbranched alkanes of at least 4 members (excludes halogenated alkanes) is 3. The highest BCUT2D eigenvalue weighted by molar-refractivity contribution is 5.14. The maximum Gasteiger partial charge on any atom is 0.0720 e. The summed E-state index contributed by atoms with van der Waals surface area (Å²) < 4.78 is 0. The zero-order valence-corrected chi connectivity index (χ0v) is 10.8. The Hall–Kier alpha value is -1.08. The van der Waals surface area contributed by atoms with Gasteiger partial charge in [-0.05, 0) is 31.7 Å². The SMILES string of the molecule is C/C=C/[C@@H](O)CCCCCCc1ccccc1. The summed E-state index contributed by atoms with van der Waals surface area (Å²) >= 11 is 0. The van der Waals surface area contributed by atoms with E-state index < -0.39 is 0 Å². The lowest BCUT2D eigenvalue weighted by molar-refractivity contribution is 0.208. The molecule has 0 aliphatic rings. The highest BCUT2D eigenvalue weighted by atomic mass is 16.3. The van der Waals surface area contributed by atoms with Crippen LogP contribution in [0.25, 0.3) is 0 Å². The summed E-state index contributed by atoms with van der Waals surface area (Å²) in [6.07, 6.45) is 10.5. The van der Waals surface area contributed by atoms with Crippen LogP contribution in [0.5, 0.6) is 0 Å².